The molecule has 1 amide bonds. The van der Waals surface area contributed by atoms with Crippen LogP contribution in [0.2, 0.25) is 0 Å². The Morgan fingerprint density at radius 2 is 1.39 bits per heavy atom. The largest absolute Gasteiger partial charge is 0.339 e. The minimum Gasteiger partial charge on any atom is -0.339 e. The van der Waals surface area contributed by atoms with E-state index in [1.165, 1.54) is 25.3 Å². The minimum atomic E-state index is 0.0831. The van der Waals surface area contributed by atoms with Gasteiger partial charge in [0.05, 0.1) is 0 Å². The van der Waals surface area contributed by atoms with Crippen molar-refractivity contribution in [3.8, 4) is 0 Å². The van der Waals surface area contributed by atoms with Gasteiger partial charge in [0.15, 0.2) is 0 Å². The van der Waals surface area contributed by atoms with E-state index in [1.807, 2.05) is 32.6 Å². The second-order valence-electron chi connectivity index (χ2n) is 3.59. The highest BCUT2D eigenvalue weighted by Crippen LogP contribution is 2.08. The van der Waals surface area contributed by atoms with E-state index in [4.69, 9.17) is 0 Å². The van der Waals surface area contributed by atoms with Crippen LogP contribution in [0.5, 0.6) is 0 Å². The van der Waals surface area contributed by atoms with Crippen molar-refractivity contribution >= 4 is 5.91 Å². The monoisotopic (exact) mass is 257 g/mol. The van der Waals surface area contributed by atoms with E-state index in [-0.39, 0.29) is 5.91 Å². The maximum Gasteiger partial charge on any atom is 0.245 e. The lowest BCUT2D eigenvalue weighted by atomic mass is 10.1. The number of amides is 1. The van der Waals surface area contributed by atoms with Crippen LogP contribution in [0.25, 0.3) is 0 Å². The smallest absolute Gasteiger partial charge is 0.245 e. The van der Waals surface area contributed by atoms with Gasteiger partial charge < -0.3 is 4.90 Å². The first-order valence-electron chi connectivity index (χ1n) is 7.67. The Balaban J connectivity index is -0.000000238. The molecule has 0 aliphatic carbocycles. The predicted molar refractivity (Wildman–Crippen MR) is 83.9 cm³/mol. The third-order valence-corrected chi connectivity index (χ3v) is 2.34. The second-order valence-corrected chi connectivity index (χ2v) is 3.59. The van der Waals surface area contributed by atoms with Gasteiger partial charge in [-0.1, -0.05) is 61.0 Å². The topological polar surface area (TPSA) is 20.3 Å². The number of nitrogens with zero attached hydrogens (tertiary/aromatic N) is 1. The van der Waals surface area contributed by atoms with E-state index < -0.39 is 0 Å². The third kappa shape index (κ3) is 15.2. The molecule has 1 aliphatic heterocycles. The number of carbonyl (C=O) groups excluding carboxylic acids is 1. The highest BCUT2D eigenvalue weighted by atomic mass is 16.2. The molecule has 0 bridgehead atoms. The van der Waals surface area contributed by atoms with Crippen LogP contribution < -0.4 is 0 Å². The van der Waals surface area contributed by atoms with Crippen LogP contribution in [-0.4, -0.2) is 23.9 Å². The summed E-state index contributed by atoms with van der Waals surface area (Å²) in [5.41, 5.74) is 0. The Morgan fingerprint density at radius 3 is 1.67 bits per heavy atom. The molecule has 0 atom stereocenters. The summed E-state index contributed by atoms with van der Waals surface area (Å²) >= 11 is 0. The quantitative estimate of drug-likeness (QED) is 0.634. The first-order valence-corrected chi connectivity index (χ1v) is 7.67. The molecule has 1 aliphatic rings. The Morgan fingerprint density at radius 1 is 1.00 bits per heavy atom. The van der Waals surface area contributed by atoms with Crippen LogP contribution in [0, 0.1) is 0 Å². The summed E-state index contributed by atoms with van der Waals surface area (Å²) in [5, 5.41) is 0. The lowest BCUT2D eigenvalue weighted by Gasteiger charge is -2.25. The number of rotatable bonds is 2. The van der Waals surface area contributed by atoms with Gasteiger partial charge in [0.1, 0.15) is 0 Å². The normalized spacial score (nSPS) is 12.7. The molecule has 18 heavy (non-hydrogen) atoms. The molecule has 0 spiro atoms. The maximum atomic E-state index is 11.0. The molecule has 1 rings (SSSR count). The van der Waals surface area contributed by atoms with Crippen molar-refractivity contribution in [3.05, 3.63) is 12.7 Å². The minimum absolute atomic E-state index is 0.0831. The molecule has 1 saturated heterocycles. The zero-order valence-electron chi connectivity index (χ0n) is 13.6. The number of hydrogen-bond acceptors (Lipinski definition) is 1. The van der Waals surface area contributed by atoms with Crippen molar-refractivity contribution in [1.29, 1.82) is 0 Å². The molecular formula is C16H35NO. The molecule has 1 fully saturated rings. The summed E-state index contributed by atoms with van der Waals surface area (Å²) in [7, 11) is 0. The van der Waals surface area contributed by atoms with Gasteiger partial charge in [0, 0.05) is 13.1 Å². The molecule has 0 saturated carbocycles. The van der Waals surface area contributed by atoms with Crippen molar-refractivity contribution in [2.45, 2.75) is 73.6 Å². The van der Waals surface area contributed by atoms with Crippen molar-refractivity contribution in [2.75, 3.05) is 13.1 Å². The number of piperidine rings is 1. The zero-order chi connectivity index (χ0) is 14.8. The van der Waals surface area contributed by atoms with Crippen molar-refractivity contribution < 1.29 is 4.79 Å². The van der Waals surface area contributed by atoms with Crippen molar-refractivity contribution in [1.82, 2.24) is 4.90 Å². The van der Waals surface area contributed by atoms with E-state index in [0.717, 1.165) is 25.9 Å². The fourth-order valence-corrected chi connectivity index (χ4v) is 1.24. The number of unbranched alkanes of at least 4 members (excludes halogenated alkanes) is 1. The molecule has 110 valence electrons. The average Bonchev–Trinajstić information content (AvgIpc) is 2.51. The fourth-order valence-electron chi connectivity index (χ4n) is 1.24. The van der Waals surface area contributed by atoms with Crippen molar-refractivity contribution in [2.24, 2.45) is 0 Å². The van der Waals surface area contributed by atoms with Gasteiger partial charge in [0.25, 0.3) is 0 Å². The summed E-state index contributed by atoms with van der Waals surface area (Å²) < 4.78 is 0. The van der Waals surface area contributed by atoms with Crippen LogP contribution in [-0.2, 0) is 4.79 Å². The van der Waals surface area contributed by atoms with E-state index in [0.29, 0.717) is 0 Å². The van der Waals surface area contributed by atoms with Gasteiger partial charge in [-0.3, -0.25) is 4.79 Å². The van der Waals surface area contributed by atoms with E-state index >= 15 is 0 Å². The molecular weight excluding hydrogens is 222 g/mol. The third-order valence-electron chi connectivity index (χ3n) is 2.34. The van der Waals surface area contributed by atoms with Gasteiger partial charge in [-0.05, 0) is 25.3 Å². The summed E-state index contributed by atoms with van der Waals surface area (Å²) in [5.74, 6) is 0.0831. The number of hydrogen-bond donors (Lipinski definition) is 0. The molecule has 0 unspecified atom stereocenters. The molecule has 2 nitrogen and oxygen atoms in total. The van der Waals surface area contributed by atoms with E-state index in [1.54, 1.807) is 0 Å². The summed E-state index contributed by atoms with van der Waals surface area (Å²) in [4.78, 5) is 12.8. The van der Waals surface area contributed by atoms with Gasteiger partial charge in [0.2, 0.25) is 5.91 Å². The summed E-state index contributed by atoms with van der Waals surface area (Å²) in [6.45, 7) is 17.6. The molecule has 0 aromatic carbocycles. The van der Waals surface area contributed by atoms with Crippen LogP contribution in [0.15, 0.2) is 12.7 Å². The molecule has 0 radical (unpaired) electrons. The lowest BCUT2D eigenvalue weighted by Crippen LogP contribution is -2.34. The fraction of sp³-hybridized carbons (Fsp3) is 0.812. The van der Waals surface area contributed by atoms with E-state index in [2.05, 4.69) is 20.4 Å². The Kier molecular flexibility index (Phi) is 26.7. The van der Waals surface area contributed by atoms with Gasteiger partial charge in [-0.2, -0.15) is 0 Å². The van der Waals surface area contributed by atoms with Crippen LogP contribution in [0.3, 0.4) is 0 Å². The first kappa shape index (κ1) is 22.4. The highest BCUT2D eigenvalue weighted by Gasteiger charge is 2.12. The molecule has 0 N–H and O–H groups in total. The van der Waals surface area contributed by atoms with Crippen LogP contribution >= 0.6 is 0 Å². The Bertz CT molecular complexity index is 158. The lowest BCUT2D eigenvalue weighted by molar-refractivity contribution is -0.126. The van der Waals surface area contributed by atoms with Crippen molar-refractivity contribution in [3.63, 3.8) is 0 Å². The Hall–Kier alpha value is -0.790. The molecule has 1 heterocycles. The zero-order valence-corrected chi connectivity index (χ0v) is 13.6. The van der Waals surface area contributed by atoms with Gasteiger partial charge >= 0.3 is 0 Å². The number of carbonyl (C=O) groups is 1. The molecule has 0 aromatic rings. The number of likely N-dealkylation sites (tertiary alicyclic amines) is 1. The molecule has 0 aromatic heterocycles. The molecule has 2 heteroatoms. The summed E-state index contributed by atoms with van der Waals surface area (Å²) in [6, 6.07) is 0. The van der Waals surface area contributed by atoms with Gasteiger partial charge in [-0.25, -0.2) is 0 Å². The van der Waals surface area contributed by atoms with Gasteiger partial charge in [-0.15, -0.1) is 0 Å². The van der Waals surface area contributed by atoms with Crippen LogP contribution in [0.4, 0.5) is 0 Å². The van der Waals surface area contributed by atoms with Crippen LogP contribution in [0.1, 0.15) is 73.6 Å². The average molecular weight is 257 g/mol. The standard InChI is InChI=1S/C8H13NO.C4H10.2C2H6/c1-2-8(10)9-6-4-3-5-7-9;1-3-4-2;2*1-2/h2H,1,3-7H2;3-4H2,1-2H3;2*1-2H3. The Labute approximate surface area is 115 Å². The SMILES string of the molecule is C=CC(=O)N1CCCCC1.CC.CC.CCCC. The second kappa shape index (κ2) is 21.5. The first-order chi connectivity index (χ1) is 8.76. The summed E-state index contributed by atoms with van der Waals surface area (Å²) in [6.07, 6.45) is 7.60. The van der Waals surface area contributed by atoms with E-state index in [9.17, 15) is 4.79 Å². The predicted octanol–water partition coefficient (Wildman–Crippen LogP) is 5.04. The highest BCUT2D eigenvalue weighted by molar-refractivity contribution is 5.86. The maximum absolute atomic E-state index is 11.0.